The van der Waals surface area contributed by atoms with Crippen molar-refractivity contribution in [3.05, 3.63) is 62.9 Å². The second-order valence-corrected chi connectivity index (χ2v) is 7.00. The number of aliphatic hydroxyl groups is 1. The zero-order chi connectivity index (χ0) is 18.2. The summed E-state index contributed by atoms with van der Waals surface area (Å²) in [4.78, 5) is 16.6. The van der Waals surface area contributed by atoms with Gasteiger partial charge in [0.25, 0.3) is 5.91 Å². The van der Waals surface area contributed by atoms with Gasteiger partial charge >= 0.3 is 0 Å². The first-order valence-corrected chi connectivity index (χ1v) is 8.63. The van der Waals surface area contributed by atoms with Crippen LogP contribution in [0.4, 0.5) is 4.39 Å². The highest BCUT2D eigenvalue weighted by Crippen LogP contribution is 2.42. The lowest BCUT2D eigenvalue weighted by molar-refractivity contribution is -0.135. The molecule has 1 aliphatic carbocycles. The van der Waals surface area contributed by atoms with Gasteiger partial charge in [-0.1, -0.05) is 29.3 Å². The first-order chi connectivity index (χ1) is 11.8. The summed E-state index contributed by atoms with van der Waals surface area (Å²) in [6.45, 7) is 1.91. The lowest BCUT2D eigenvalue weighted by Gasteiger charge is -2.32. The van der Waals surface area contributed by atoms with E-state index in [9.17, 15) is 9.90 Å². The number of benzene rings is 1. The molecule has 1 aliphatic rings. The lowest BCUT2D eigenvalue weighted by Crippen LogP contribution is -2.44. The van der Waals surface area contributed by atoms with Crippen molar-refractivity contribution in [1.29, 1.82) is 0 Å². The molecule has 7 heteroatoms. The zero-order valence-corrected chi connectivity index (χ0v) is 15.0. The fourth-order valence-electron chi connectivity index (χ4n) is 3.13. The van der Waals surface area contributed by atoms with E-state index < -0.39 is 17.7 Å². The van der Waals surface area contributed by atoms with Crippen molar-refractivity contribution in [3.63, 3.8) is 0 Å². The maximum Gasteiger partial charge on any atom is 0.262 e. The smallest absolute Gasteiger partial charge is 0.262 e. The summed E-state index contributed by atoms with van der Waals surface area (Å²) in [7, 11) is 0. The van der Waals surface area contributed by atoms with E-state index in [2.05, 4.69) is 10.3 Å². The van der Waals surface area contributed by atoms with Gasteiger partial charge in [0.2, 0.25) is 5.67 Å². The van der Waals surface area contributed by atoms with Crippen molar-refractivity contribution >= 4 is 29.1 Å². The number of pyridine rings is 1. The maximum atomic E-state index is 15.5. The van der Waals surface area contributed by atoms with Gasteiger partial charge in [0, 0.05) is 28.4 Å². The summed E-state index contributed by atoms with van der Waals surface area (Å²) >= 11 is 12.1. The normalized spacial score (nSPS) is 22.4. The predicted molar refractivity (Wildman–Crippen MR) is 94.3 cm³/mol. The van der Waals surface area contributed by atoms with Gasteiger partial charge in [-0.2, -0.15) is 0 Å². The van der Waals surface area contributed by atoms with Crippen LogP contribution in [0.25, 0.3) is 0 Å². The van der Waals surface area contributed by atoms with E-state index in [1.807, 2.05) is 6.92 Å². The molecule has 0 saturated carbocycles. The van der Waals surface area contributed by atoms with E-state index >= 15 is 4.39 Å². The Morgan fingerprint density at radius 2 is 2.24 bits per heavy atom. The molecule has 0 aliphatic heterocycles. The number of nitrogens with one attached hydrogen (secondary N) is 1. The third-order valence-corrected chi connectivity index (χ3v) is 5.07. The average Bonchev–Trinajstić information content (AvgIpc) is 2.57. The second-order valence-electron chi connectivity index (χ2n) is 6.16. The Balaban J connectivity index is 1.84. The number of aryl methyl sites for hydroxylation is 1. The number of carbonyl (C=O) groups is 1. The van der Waals surface area contributed by atoms with E-state index in [1.165, 1.54) is 12.3 Å². The Morgan fingerprint density at radius 1 is 1.48 bits per heavy atom. The fraction of sp³-hybridized carbons (Fsp3) is 0.333. The molecule has 2 atom stereocenters. The van der Waals surface area contributed by atoms with Gasteiger partial charge in [0.1, 0.15) is 0 Å². The molecule has 1 aromatic carbocycles. The number of fused-ring (bicyclic) bond motifs is 1. The van der Waals surface area contributed by atoms with Crippen molar-refractivity contribution in [2.75, 3.05) is 0 Å². The van der Waals surface area contributed by atoms with E-state index in [4.69, 9.17) is 23.2 Å². The lowest BCUT2D eigenvalue weighted by atomic mass is 9.81. The Morgan fingerprint density at radius 3 is 2.96 bits per heavy atom. The first-order valence-electron chi connectivity index (χ1n) is 7.88. The summed E-state index contributed by atoms with van der Waals surface area (Å²) in [6, 6.07) is 6.36. The van der Waals surface area contributed by atoms with Gasteiger partial charge in [0.05, 0.1) is 11.8 Å². The molecule has 25 heavy (non-hydrogen) atoms. The molecule has 1 amide bonds. The highest BCUT2D eigenvalue weighted by Gasteiger charge is 2.46. The SMILES string of the molecule is Cc1cc(Cl)cc(Cl)c1CNC(=O)C1(F)CCC(O)c2ncccc21. The standard InChI is InChI=1S/C18H17Cl2FN2O2/c1-10-7-11(19)8-14(20)12(10)9-23-17(25)18(21)5-4-15(24)16-13(18)3-2-6-22-16/h2-3,6-8,15,24H,4-5,9H2,1H3,(H,23,25). The molecule has 0 bridgehead atoms. The highest BCUT2D eigenvalue weighted by atomic mass is 35.5. The molecule has 0 fully saturated rings. The molecule has 4 nitrogen and oxygen atoms in total. The van der Waals surface area contributed by atoms with Crippen LogP contribution in [0.5, 0.6) is 0 Å². The molecule has 3 rings (SSSR count). The van der Waals surface area contributed by atoms with Gasteiger partial charge < -0.3 is 10.4 Å². The van der Waals surface area contributed by atoms with E-state index in [0.29, 0.717) is 15.6 Å². The van der Waals surface area contributed by atoms with Gasteiger partial charge in [-0.25, -0.2) is 4.39 Å². The number of hydrogen-bond acceptors (Lipinski definition) is 3. The molecular formula is C18H17Cl2FN2O2. The molecule has 0 spiro atoms. The van der Waals surface area contributed by atoms with Crippen LogP contribution >= 0.6 is 23.2 Å². The molecule has 0 radical (unpaired) electrons. The molecule has 1 aromatic heterocycles. The molecular weight excluding hydrogens is 366 g/mol. The molecule has 0 saturated heterocycles. The highest BCUT2D eigenvalue weighted by molar-refractivity contribution is 6.35. The number of nitrogens with zero attached hydrogens (tertiary/aromatic N) is 1. The summed E-state index contributed by atoms with van der Waals surface area (Å²) in [5.41, 5.74) is -0.398. The predicted octanol–water partition coefficient (Wildman–Crippen LogP) is 4.01. The van der Waals surface area contributed by atoms with E-state index in [1.54, 1.807) is 18.2 Å². The third-order valence-electron chi connectivity index (χ3n) is 4.51. The van der Waals surface area contributed by atoms with Crippen LogP contribution in [0.3, 0.4) is 0 Å². The van der Waals surface area contributed by atoms with Crippen LogP contribution in [-0.2, 0) is 17.0 Å². The van der Waals surface area contributed by atoms with Gasteiger partial charge in [-0.3, -0.25) is 9.78 Å². The molecule has 2 N–H and O–H groups in total. The quantitative estimate of drug-likeness (QED) is 0.842. The summed E-state index contributed by atoms with van der Waals surface area (Å²) in [5, 5.41) is 13.5. The van der Waals surface area contributed by atoms with E-state index in [-0.39, 0.29) is 30.6 Å². The Labute approximate surface area is 155 Å². The number of amides is 1. The van der Waals surface area contributed by atoms with Crippen molar-refractivity contribution in [2.24, 2.45) is 0 Å². The van der Waals surface area contributed by atoms with Crippen LogP contribution in [0.1, 0.15) is 41.3 Å². The molecule has 132 valence electrons. The van der Waals surface area contributed by atoms with E-state index in [0.717, 1.165) is 5.56 Å². The number of alkyl halides is 1. The second kappa shape index (κ2) is 6.90. The number of carbonyl (C=O) groups excluding carboxylic acids is 1. The molecule has 2 unspecified atom stereocenters. The van der Waals surface area contributed by atoms with Crippen molar-refractivity contribution in [2.45, 2.75) is 38.1 Å². The Kier molecular flexibility index (Phi) is 5.00. The zero-order valence-electron chi connectivity index (χ0n) is 13.5. The van der Waals surface area contributed by atoms with Crippen LogP contribution in [0.15, 0.2) is 30.5 Å². The molecule has 1 heterocycles. The Bertz CT molecular complexity index is 807. The number of aromatic nitrogens is 1. The van der Waals surface area contributed by atoms with Crippen molar-refractivity contribution in [3.8, 4) is 0 Å². The minimum atomic E-state index is -2.23. The number of aliphatic hydroxyl groups excluding tert-OH is 1. The minimum Gasteiger partial charge on any atom is -0.387 e. The van der Waals surface area contributed by atoms with Crippen molar-refractivity contribution in [1.82, 2.24) is 10.3 Å². The maximum absolute atomic E-state index is 15.5. The van der Waals surface area contributed by atoms with Crippen LogP contribution in [0.2, 0.25) is 10.0 Å². The summed E-state index contributed by atoms with van der Waals surface area (Å²) in [5.74, 6) is -0.765. The first kappa shape index (κ1) is 18.1. The van der Waals surface area contributed by atoms with Crippen LogP contribution in [-0.4, -0.2) is 16.0 Å². The fourth-order valence-corrected chi connectivity index (χ4v) is 3.79. The average molecular weight is 383 g/mol. The summed E-state index contributed by atoms with van der Waals surface area (Å²) < 4.78 is 15.5. The Hall–Kier alpha value is -1.69. The number of rotatable bonds is 3. The largest absolute Gasteiger partial charge is 0.387 e. The topological polar surface area (TPSA) is 62.2 Å². The van der Waals surface area contributed by atoms with Crippen molar-refractivity contribution < 1.29 is 14.3 Å². The molecule has 2 aromatic rings. The van der Waals surface area contributed by atoms with Gasteiger partial charge in [-0.05, 0) is 49.1 Å². The summed E-state index contributed by atoms with van der Waals surface area (Å²) in [6.07, 6.45) is 0.643. The number of hydrogen-bond donors (Lipinski definition) is 2. The van der Waals surface area contributed by atoms with Crippen LogP contribution in [0, 0.1) is 6.92 Å². The van der Waals surface area contributed by atoms with Gasteiger partial charge in [-0.15, -0.1) is 0 Å². The van der Waals surface area contributed by atoms with Gasteiger partial charge in [0.15, 0.2) is 0 Å². The minimum absolute atomic E-state index is 0.0878. The number of halogens is 3. The third kappa shape index (κ3) is 3.36. The van der Waals surface area contributed by atoms with Crippen LogP contribution < -0.4 is 5.32 Å². The monoisotopic (exact) mass is 382 g/mol.